The van der Waals surface area contributed by atoms with E-state index in [1.54, 1.807) is 12.1 Å². The number of rotatable bonds is 7. The van der Waals surface area contributed by atoms with Crippen LogP contribution in [0, 0.1) is 17.0 Å². The Labute approximate surface area is 228 Å². The number of amides is 1. The second kappa shape index (κ2) is 11.2. The highest BCUT2D eigenvalue weighted by Gasteiger charge is 2.41. The molecule has 0 saturated heterocycles. The fraction of sp³-hybridized carbons (Fsp3) is 0.312. The van der Waals surface area contributed by atoms with E-state index in [9.17, 15) is 19.7 Å². The molecule has 1 heterocycles. The number of benzene rings is 3. The summed E-state index contributed by atoms with van der Waals surface area (Å²) < 4.78 is 0. The SMILES string of the molecule is CCCCCC(=O)N1c2ccccc2NC2=C(C(=O)C[C@@H](c3cccc([N+](=O)[O-])c3)C2)[C@@H]1c1ccc(C)cc1. The fourth-order valence-electron chi connectivity index (χ4n) is 5.70. The fourth-order valence-corrected chi connectivity index (χ4v) is 5.70. The molecule has 2 atom stereocenters. The standard InChI is InChI=1S/C32H33N3O4/c1-3-4-5-13-30(37)34-28-12-7-6-11-26(28)33-27-19-24(23-9-8-10-25(18-23)35(38)39)20-29(36)31(27)32(34)22-16-14-21(2)15-17-22/h6-12,14-18,24,32-33H,3-5,13,19-20H2,1-2H3/t24-,32-/m0/s1. The van der Waals surface area contributed by atoms with E-state index in [0.717, 1.165) is 53.0 Å². The highest BCUT2D eigenvalue weighted by atomic mass is 16.6. The summed E-state index contributed by atoms with van der Waals surface area (Å²) >= 11 is 0. The van der Waals surface area contributed by atoms with Crippen LogP contribution in [0.2, 0.25) is 0 Å². The molecule has 1 N–H and O–H groups in total. The summed E-state index contributed by atoms with van der Waals surface area (Å²) in [5.41, 5.74) is 5.65. The number of hydrogen-bond donors (Lipinski definition) is 1. The van der Waals surface area contributed by atoms with Crippen molar-refractivity contribution >= 4 is 28.8 Å². The Morgan fingerprint density at radius 3 is 2.51 bits per heavy atom. The van der Waals surface area contributed by atoms with Gasteiger partial charge in [0.15, 0.2) is 5.78 Å². The molecule has 0 unspecified atom stereocenters. The van der Waals surface area contributed by atoms with Gasteiger partial charge in [-0.3, -0.25) is 24.6 Å². The lowest BCUT2D eigenvalue weighted by molar-refractivity contribution is -0.384. The van der Waals surface area contributed by atoms with E-state index in [2.05, 4.69) is 12.2 Å². The lowest BCUT2D eigenvalue weighted by Gasteiger charge is -2.35. The summed E-state index contributed by atoms with van der Waals surface area (Å²) in [5.74, 6) is -0.267. The Kier molecular flexibility index (Phi) is 7.59. The molecule has 0 radical (unpaired) electrons. The topological polar surface area (TPSA) is 92.6 Å². The number of para-hydroxylation sites is 2. The first kappa shape index (κ1) is 26.4. The van der Waals surface area contributed by atoms with E-state index in [1.165, 1.54) is 6.07 Å². The third-order valence-corrected chi connectivity index (χ3v) is 7.70. The largest absolute Gasteiger partial charge is 0.357 e. The second-order valence-corrected chi connectivity index (χ2v) is 10.4. The Bertz CT molecular complexity index is 1440. The Morgan fingerprint density at radius 1 is 1.00 bits per heavy atom. The van der Waals surface area contributed by atoms with Crippen molar-refractivity contribution in [2.45, 2.75) is 64.3 Å². The van der Waals surface area contributed by atoms with Gasteiger partial charge in [0.05, 0.1) is 22.3 Å². The molecule has 1 aliphatic carbocycles. The first-order valence-corrected chi connectivity index (χ1v) is 13.6. The van der Waals surface area contributed by atoms with Gasteiger partial charge in [-0.2, -0.15) is 0 Å². The van der Waals surface area contributed by atoms with E-state index in [-0.39, 0.29) is 29.7 Å². The van der Waals surface area contributed by atoms with Crippen LogP contribution in [0.3, 0.4) is 0 Å². The first-order chi connectivity index (χ1) is 18.9. The van der Waals surface area contributed by atoms with Crippen molar-refractivity contribution < 1.29 is 14.5 Å². The van der Waals surface area contributed by atoms with Gasteiger partial charge in [-0.25, -0.2) is 0 Å². The molecule has 0 saturated carbocycles. The lowest BCUT2D eigenvalue weighted by atomic mass is 9.78. The number of allylic oxidation sites excluding steroid dienone is 1. The van der Waals surface area contributed by atoms with Gasteiger partial charge in [-0.05, 0) is 48.9 Å². The average Bonchev–Trinajstić information content (AvgIpc) is 3.08. The molecule has 0 fully saturated rings. The molecule has 0 bridgehead atoms. The smallest absolute Gasteiger partial charge is 0.269 e. The van der Waals surface area contributed by atoms with Crippen LogP contribution in [0.5, 0.6) is 0 Å². The minimum Gasteiger partial charge on any atom is -0.357 e. The summed E-state index contributed by atoms with van der Waals surface area (Å²) in [6.45, 7) is 4.13. The van der Waals surface area contributed by atoms with Crippen LogP contribution in [-0.2, 0) is 9.59 Å². The van der Waals surface area contributed by atoms with Crippen molar-refractivity contribution in [1.82, 2.24) is 0 Å². The number of nitro benzene ring substituents is 1. The molecule has 2 aliphatic rings. The van der Waals surface area contributed by atoms with Crippen molar-refractivity contribution in [3.05, 3.63) is 111 Å². The van der Waals surface area contributed by atoms with Crippen LogP contribution in [0.1, 0.15) is 74.1 Å². The predicted octanol–water partition coefficient (Wildman–Crippen LogP) is 7.38. The molecule has 0 spiro atoms. The quantitative estimate of drug-likeness (QED) is 0.198. The Balaban J connectivity index is 1.65. The summed E-state index contributed by atoms with van der Waals surface area (Å²) in [5, 5.41) is 14.9. The van der Waals surface area contributed by atoms with Crippen LogP contribution < -0.4 is 10.2 Å². The first-order valence-electron chi connectivity index (χ1n) is 13.6. The van der Waals surface area contributed by atoms with Gasteiger partial charge in [0.25, 0.3) is 5.69 Å². The number of anilines is 2. The number of nitro groups is 1. The zero-order valence-corrected chi connectivity index (χ0v) is 22.4. The zero-order valence-electron chi connectivity index (χ0n) is 22.4. The van der Waals surface area contributed by atoms with Gasteiger partial charge in [0.1, 0.15) is 0 Å². The molecule has 5 rings (SSSR count). The molecular formula is C32H33N3O4. The Hall–Kier alpha value is -4.26. The molecule has 200 valence electrons. The van der Waals surface area contributed by atoms with Crippen molar-refractivity contribution in [1.29, 1.82) is 0 Å². The maximum Gasteiger partial charge on any atom is 0.269 e. The molecule has 0 aromatic heterocycles. The number of fused-ring (bicyclic) bond motifs is 1. The number of carbonyl (C=O) groups excluding carboxylic acids is 2. The number of unbranched alkanes of at least 4 members (excludes halogenated alkanes) is 2. The minimum absolute atomic E-state index is 0.00867. The number of ketones is 1. The van der Waals surface area contributed by atoms with Crippen molar-refractivity contribution in [3.8, 4) is 0 Å². The third-order valence-electron chi connectivity index (χ3n) is 7.70. The molecule has 7 nitrogen and oxygen atoms in total. The maximum atomic E-state index is 14.0. The molecule has 1 amide bonds. The van der Waals surface area contributed by atoms with E-state index in [4.69, 9.17) is 0 Å². The van der Waals surface area contributed by atoms with Gasteiger partial charge in [0, 0.05) is 36.2 Å². The molecule has 39 heavy (non-hydrogen) atoms. The number of aryl methyl sites for hydroxylation is 1. The number of nitrogens with zero attached hydrogens (tertiary/aromatic N) is 2. The van der Waals surface area contributed by atoms with Gasteiger partial charge < -0.3 is 5.32 Å². The lowest BCUT2D eigenvalue weighted by Crippen LogP contribution is -2.38. The summed E-state index contributed by atoms with van der Waals surface area (Å²) in [7, 11) is 0. The van der Waals surface area contributed by atoms with E-state index >= 15 is 0 Å². The van der Waals surface area contributed by atoms with E-state index < -0.39 is 11.0 Å². The third kappa shape index (κ3) is 5.35. The monoisotopic (exact) mass is 523 g/mol. The van der Waals surface area contributed by atoms with Crippen LogP contribution in [0.15, 0.2) is 84.1 Å². The average molecular weight is 524 g/mol. The van der Waals surface area contributed by atoms with Gasteiger partial charge in [-0.15, -0.1) is 0 Å². The zero-order chi connectivity index (χ0) is 27.5. The maximum absolute atomic E-state index is 14.0. The molecule has 3 aromatic rings. The van der Waals surface area contributed by atoms with Crippen LogP contribution in [0.4, 0.5) is 17.1 Å². The van der Waals surface area contributed by atoms with Crippen molar-refractivity contribution in [2.24, 2.45) is 0 Å². The summed E-state index contributed by atoms with van der Waals surface area (Å²) in [6, 6.07) is 21.7. The van der Waals surface area contributed by atoms with Crippen molar-refractivity contribution in [3.63, 3.8) is 0 Å². The van der Waals surface area contributed by atoms with Crippen LogP contribution in [-0.4, -0.2) is 16.6 Å². The van der Waals surface area contributed by atoms with Gasteiger partial charge in [0.2, 0.25) is 5.91 Å². The molecule has 3 aromatic carbocycles. The van der Waals surface area contributed by atoms with E-state index in [1.807, 2.05) is 66.4 Å². The highest BCUT2D eigenvalue weighted by Crippen LogP contribution is 2.47. The molecule has 1 aliphatic heterocycles. The molecular weight excluding hydrogens is 490 g/mol. The van der Waals surface area contributed by atoms with Gasteiger partial charge >= 0.3 is 0 Å². The van der Waals surface area contributed by atoms with Crippen LogP contribution >= 0.6 is 0 Å². The number of Topliss-reactive ketones (excluding diaryl/α,β-unsaturated/α-hetero) is 1. The Morgan fingerprint density at radius 2 is 1.77 bits per heavy atom. The van der Waals surface area contributed by atoms with Crippen molar-refractivity contribution in [2.75, 3.05) is 10.2 Å². The van der Waals surface area contributed by atoms with Crippen LogP contribution in [0.25, 0.3) is 0 Å². The number of nitrogens with one attached hydrogen (secondary N) is 1. The number of hydrogen-bond acceptors (Lipinski definition) is 5. The number of carbonyl (C=O) groups is 2. The van der Waals surface area contributed by atoms with Gasteiger partial charge in [-0.1, -0.05) is 73.9 Å². The predicted molar refractivity (Wildman–Crippen MR) is 153 cm³/mol. The normalized spacial score (nSPS) is 18.6. The summed E-state index contributed by atoms with van der Waals surface area (Å²) in [6.07, 6.45) is 3.90. The second-order valence-electron chi connectivity index (χ2n) is 10.4. The summed E-state index contributed by atoms with van der Waals surface area (Å²) in [4.78, 5) is 40.8. The highest BCUT2D eigenvalue weighted by molar-refractivity contribution is 6.06. The van der Waals surface area contributed by atoms with E-state index in [0.29, 0.717) is 18.4 Å². The minimum atomic E-state index is -0.565. The molecule has 7 heteroatoms. The number of non-ortho nitro benzene ring substituents is 1.